The number of ether oxygens (including phenoxy) is 2. The van der Waals surface area contributed by atoms with Crippen LogP contribution in [0.5, 0.6) is 0 Å². The maximum Gasteiger partial charge on any atom is 0.338 e. The number of rotatable bonds is 6. The Morgan fingerprint density at radius 2 is 1.79 bits per heavy atom. The first kappa shape index (κ1) is 21.0. The predicted molar refractivity (Wildman–Crippen MR) is 119 cm³/mol. The Morgan fingerprint density at radius 3 is 2.45 bits per heavy atom. The van der Waals surface area contributed by atoms with Crippen molar-refractivity contribution in [3.05, 3.63) is 76.5 Å². The minimum Gasteiger partial charge on any atom is -0.460 e. The minimum atomic E-state index is -0.377. The molecule has 1 heterocycles. The molecular weight excluding hydrogens is 384 g/mol. The molecule has 152 valence electrons. The normalized spacial score (nSPS) is 16.6. The smallest absolute Gasteiger partial charge is 0.338 e. The first-order chi connectivity index (χ1) is 13.9. The Bertz CT molecular complexity index is 937. The van der Waals surface area contributed by atoms with Gasteiger partial charge >= 0.3 is 5.97 Å². The summed E-state index contributed by atoms with van der Waals surface area (Å²) in [5, 5.41) is 3.89. The highest BCUT2D eigenvalue weighted by atomic mass is 32.1. The van der Waals surface area contributed by atoms with Crippen LogP contribution >= 0.6 is 12.2 Å². The van der Waals surface area contributed by atoms with Gasteiger partial charge in [-0.1, -0.05) is 42.0 Å². The minimum absolute atomic E-state index is 0.196. The van der Waals surface area contributed by atoms with Crippen LogP contribution < -0.4 is 10.2 Å². The van der Waals surface area contributed by atoms with Crippen LogP contribution in [-0.4, -0.2) is 31.4 Å². The highest BCUT2D eigenvalue weighted by molar-refractivity contribution is 7.80. The van der Waals surface area contributed by atoms with E-state index in [0.29, 0.717) is 17.3 Å². The van der Waals surface area contributed by atoms with Crippen molar-refractivity contribution in [3.63, 3.8) is 0 Å². The van der Waals surface area contributed by atoms with Crippen LogP contribution in [0.1, 0.15) is 29.7 Å². The standard InChI is InChI=1S/C23H26N2O3S/c1-15-8-10-18(11-9-15)21-20(22(26)28-13-12-27-4)17(3)25(23(29)24-21)19-7-5-6-16(2)14-19/h5-11,14,21H,12-13H2,1-4H3,(H,24,29). The number of allylic oxidation sites excluding steroid dienone is 1. The number of hydrogen-bond donors (Lipinski definition) is 1. The fourth-order valence-electron chi connectivity index (χ4n) is 3.39. The monoisotopic (exact) mass is 410 g/mol. The van der Waals surface area contributed by atoms with Crippen LogP contribution in [0.2, 0.25) is 0 Å². The van der Waals surface area contributed by atoms with E-state index in [2.05, 4.69) is 5.32 Å². The van der Waals surface area contributed by atoms with Crippen molar-refractivity contribution >= 4 is 29.0 Å². The third kappa shape index (κ3) is 4.66. The Balaban J connectivity index is 2.06. The maximum absolute atomic E-state index is 13.0. The third-order valence-corrected chi connectivity index (χ3v) is 5.20. The fraction of sp³-hybridized carbons (Fsp3) is 0.304. The number of carbonyl (C=O) groups is 1. The van der Waals surface area contributed by atoms with Gasteiger partial charge in [0.1, 0.15) is 6.61 Å². The number of aryl methyl sites for hydroxylation is 2. The molecule has 1 atom stereocenters. The second kappa shape index (κ2) is 9.20. The zero-order valence-electron chi connectivity index (χ0n) is 17.2. The molecule has 6 heteroatoms. The molecule has 0 amide bonds. The highest BCUT2D eigenvalue weighted by Gasteiger charge is 2.35. The summed E-state index contributed by atoms with van der Waals surface area (Å²) in [6, 6.07) is 15.7. The predicted octanol–water partition coefficient (Wildman–Crippen LogP) is 4.20. The lowest BCUT2D eigenvalue weighted by Crippen LogP contribution is -2.48. The molecule has 29 heavy (non-hydrogen) atoms. The molecule has 1 aliphatic rings. The molecule has 1 N–H and O–H groups in total. The molecule has 0 saturated carbocycles. The van der Waals surface area contributed by atoms with Crippen molar-refractivity contribution in [1.82, 2.24) is 5.32 Å². The molecule has 0 radical (unpaired) electrons. The first-order valence-electron chi connectivity index (χ1n) is 9.53. The quantitative estimate of drug-likeness (QED) is 0.438. The summed E-state index contributed by atoms with van der Waals surface area (Å²) >= 11 is 5.69. The van der Waals surface area contributed by atoms with E-state index in [9.17, 15) is 4.79 Å². The van der Waals surface area contributed by atoms with E-state index in [-0.39, 0.29) is 18.6 Å². The molecular formula is C23H26N2O3S. The van der Waals surface area contributed by atoms with Crippen LogP contribution in [0.4, 0.5) is 5.69 Å². The number of esters is 1. The van der Waals surface area contributed by atoms with E-state index in [4.69, 9.17) is 21.7 Å². The first-order valence-corrected chi connectivity index (χ1v) is 9.94. The van der Waals surface area contributed by atoms with Gasteiger partial charge in [0, 0.05) is 18.5 Å². The van der Waals surface area contributed by atoms with E-state index in [1.807, 2.05) is 74.2 Å². The molecule has 0 spiro atoms. The van der Waals surface area contributed by atoms with Gasteiger partial charge in [0.2, 0.25) is 0 Å². The zero-order valence-corrected chi connectivity index (χ0v) is 18.0. The number of carbonyl (C=O) groups excluding carboxylic acids is 1. The molecule has 0 bridgehead atoms. The van der Waals surface area contributed by atoms with Gasteiger partial charge in [0.05, 0.1) is 18.2 Å². The van der Waals surface area contributed by atoms with E-state index in [0.717, 1.165) is 28.1 Å². The number of methoxy groups -OCH3 is 1. The molecule has 0 aromatic heterocycles. The van der Waals surface area contributed by atoms with Gasteiger partial charge in [-0.2, -0.15) is 0 Å². The summed E-state index contributed by atoms with van der Waals surface area (Å²) in [6.07, 6.45) is 0. The molecule has 2 aromatic carbocycles. The largest absolute Gasteiger partial charge is 0.460 e. The van der Waals surface area contributed by atoms with Gasteiger partial charge < -0.3 is 14.8 Å². The summed E-state index contributed by atoms with van der Waals surface area (Å²) in [4.78, 5) is 14.9. The van der Waals surface area contributed by atoms with Crippen LogP contribution in [0.3, 0.4) is 0 Å². The maximum atomic E-state index is 13.0. The Kier molecular flexibility index (Phi) is 6.67. The molecule has 3 rings (SSSR count). The zero-order chi connectivity index (χ0) is 21.0. The Labute approximate surface area is 177 Å². The van der Waals surface area contributed by atoms with E-state index >= 15 is 0 Å². The van der Waals surface area contributed by atoms with E-state index in [1.165, 1.54) is 0 Å². The molecule has 1 aliphatic heterocycles. The lowest BCUT2D eigenvalue weighted by atomic mass is 9.94. The number of benzene rings is 2. The summed E-state index contributed by atoms with van der Waals surface area (Å²) in [7, 11) is 1.58. The average molecular weight is 411 g/mol. The van der Waals surface area contributed by atoms with Gasteiger partial charge in [-0.05, 0) is 56.2 Å². The number of nitrogens with zero attached hydrogens (tertiary/aromatic N) is 1. The van der Waals surface area contributed by atoms with Crippen LogP contribution in [-0.2, 0) is 14.3 Å². The van der Waals surface area contributed by atoms with Crippen molar-refractivity contribution in [2.45, 2.75) is 26.8 Å². The van der Waals surface area contributed by atoms with Crippen molar-refractivity contribution < 1.29 is 14.3 Å². The summed E-state index contributed by atoms with van der Waals surface area (Å²) in [5.41, 5.74) is 5.43. The van der Waals surface area contributed by atoms with Gasteiger partial charge in [0.15, 0.2) is 5.11 Å². The van der Waals surface area contributed by atoms with Gasteiger partial charge in [0.25, 0.3) is 0 Å². The van der Waals surface area contributed by atoms with Crippen molar-refractivity contribution in [1.29, 1.82) is 0 Å². The van der Waals surface area contributed by atoms with Gasteiger partial charge in [-0.15, -0.1) is 0 Å². The lowest BCUT2D eigenvalue weighted by Gasteiger charge is -2.37. The molecule has 2 aromatic rings. The van der Waals surface area contributed by atoms with Crippen LogP contribution in [0.25, 0.3) is 0 Å². The van der Waals surface area contributed by atoms with Gasteiger partial charge in [-0.25, -0.2) is 4.79 Å². The third-order valence-electron chi connectivity index (χ3n) is 4.90. The van der Waals surface area contributed by atoms with Crippen LogP contribution in [0.15, 0.2) is 59.8 Å². The Morgan fingerprint density at radius 1 is 1.07 bits per heavy atom. The summed E-state index contributed by atoms with van der Waals surface area (Å²) < 4.78 is 10.5. The van der Waals surface area contributed by atoms with Crippen LogP contribution in [0, 0.1) is 13.8 Å². The second-order valence-corrected chi connectivity index (χ2v) is 7.48. The lowest BCUT2D eigenvalue weighted by molar-refractivity contribution is -0.140. The fourth-order valence-corrected chi connectivity index (χ4v) is 3.75. The number of nitrogens with one attached hydrogen (secondary N) is 1. The highest BCUT2D eigenvalue weighted by Crippen LogP contribution is 2.34. The van der Waals surface area contributed by atoms with Gasteiger partial charge in [-0.3, -0.25) is 4.90 Å². The SMILES string of the molecule is COCCOC(=O)C1=C(C)N(c2cccc(C)c2)C(=S)NC1c1ccc(C)cc1. The number of hydrogen-bond acceptors (Lipinski definition) is 4. The summed E-state index contributed by atoms with van der Waals surface area (Å²) in [6.45, 7) is 6.51. The average Bonchev–Trinajstić information content (AvgIpc) is 2.68. The van der Waals surface area contributed by atoms with Crippen molar-refractivity contribution in [2.24, 2.45) is 0 Å². The number of anilines is 1. The molecule has 5 nitrogen and oxygen atoms in total. The van der Waals surface area contributed by atoms with Crippen molar-refractivity contribution in [2.75, 3.05) is 25.2 Å². The molecule has 1 unspecified atom stereocenters. The van der Waals surface area contributed by atoms with E-state index in [1.54, 1.807) is 7.11 Å². The van der Waals surface area contributed by atoms with E-state index < -0.39 is 0 Å². The second-order valence-electron chi connectivity index (χ2n) is 7.10. The molecule has 0 aliphatic carbocycles. The topological polar surface area (TPSA) is 50.8 Å². The molecule has 0 saturated heterocycles. The Hall–Kier alpha value is -2.70. The van der Waals surface area contributed by atoms with Crippen molar-refractivity contribution in [3.8, 4) is 0 Å². The summed E-state index contributed by atoms with van der Waals surface area (Å²) in [5.74, 6) is -0.377. The number of thiocarbonyl (C=S) groups is 1. The molecule has 0 fully saturated rings.